The highest BCUT2D eigenvalue weighted by molar-refractivity contribution is 6.02. The Hall–Kier alpha value is -3.80. The molecule has 4 rings (SSSR count). The van der Waals surface area contributed by atoms with E-state index in [9.17, 15) is 4.79 Å². The maximum absolute atomic E-state index is 12.2. The quantitative estimate of drug-likeness (QED) is 0.534. The minimum absolute atomic E-state index is 0.351. The van der Waals surface area contributed by atoms with E-state index in [1.807, 2.05) is 68.4 Å². The molecule has 1 heterocycles. The van der Waals surface area contributed by atoms with E-state index >= 15 is 0 Å². The number of urea groups is 1. The van der Waals surface area contributed by atoms with Crippen molar-refractivity contribution in [3.8, 4) is 11.1 Å². The van der Waals surface area contributed by atoms with Crippen LogP contribution in [0.25, 0.3) is 22.1 Å². The van der Waals surface area contributed by atoms with Gasteiger partial charge in [0.1, 0.15) is 0 Å². The van der Waals surface area contributed by atoms with Gasteiger partial charge in [-0.05, 0) is 66.4 Å². The van der Waals surface area contributed by atoms with Gasteiger partial charge >= 0.3 is 6.03 Å². The maximum atomic E-state index is 12.2. The topological polar surface area (TPSA) is 98.4 Å². The van der Waals surface area contributed by atoms with Crippen molar-refractivity contribution < 1.29 is 9.32 Å². The van der Waals surface area contributed by atoms with Crippen molar-refractivity contribution in [3.05, 3.63) is 71.8 Å². The number of nitrogens with two attached hydrogens (primary N) is 2. The number of amides is 2. The summed E-state index contributed by atoms with van der Waals surface area (Å²) in [5.41, 5.74) is 17.7. The van der Waals surface area contributed by atoms with Crippen LogP contribution in [0.5, 0.6) is 0 Å². The van der Waals surface area contributed by atoms with E-state index < -0.39 is 6.03 Å². The lowest BCUT2D eigenvalue weighted by atomic mass is 10.0. The number of primary amides is 1. The summed E-state index contributed by atoms with van der Waals surface area (Å²) >= 11 is 0. The molecular formula is C22H20N4O2. The summed E-state index contributed by atoms with van der Waals surface area (Å²) in [5.74, 6) is 0.351. The molecule has 0 aliphatic rings. The highest BCUT2D eigenvalue weighted by Crippen LogP contribution is 2.34. The molecule has 4 aromatic rings. The van der Waals surface area contributed by atoms with Crippen LogP contribution in [-0.4, -0.2) is 11.2 Å². The van der Waals surface area contributed by atoms with Gasteiger partial charge in [-0.1, -0.05) is 35.5 Å². The van der Waals surface area contributed by atoms with Gasteiger partial charge in [-0.15, -0.1) is 0 Å². The molecule has 0 spiro atoms. The van der Waals surface area contributed by atoms with Gasteiger partial charge < -0.3 is 16.0 Å². The fourth-order valence-electron chi connectivity index (χ4n) is 3.53. The first-order chi connectivity index (χ1) is 13.4. The summed E-state index contributed by atoms with van der Waals surface area (Å²) < 4.78 is 5.24. The zero-order valence-corrected chi connectivity index (χ0v) is 15.6. The van der Waals surface area contributed by atoms with Crippen molar-refractivity contribution in [2.75, 3.05) is 10.6 Å². The number of fused-ring (bicyclic) bond motifs is 1. The van der Waals surface area contributed by atoms with Crippen molar-refractivity contribution in [2.24, 2.45) is 5.73 Å². The number of aryl methyl sites for hydroxylation is 2. The first-order valence-corrected chi connectivity index (χ1v) is 8.86. The van der Waals surface area contributed by atoms with Crippen LogP contribution in [0.1, 0.15) is 11.1 Å². The number of hydrogen-bond acceptors (Lipinski definition) is 4. The minimum Gasteiger partial charge on any atom is -0.380 e. The van der Waals surface area contributed by atoms with E-state index in [4.69, 9.17) is 16.0 Å². The molecule has 0 fully saturated rings. The van der Waals surface area contributed by atoms with Crippen LogP contribution < -0.4 is 16.4 Å². The molecule has 0 saturated heterocycles. The van der Waals surface area contributed by atoms with E-state index in [0.29, 0.717) is 17.1 Å². The Morgan fingerprint density at radius 2 is 1.64 bits per heavy atom. The molecule has 0 unspecified atom stereocenters. The van der Waals surface area contributed by atoms with Crippen LogP contribution in [0.3, 0.4) is 0 Å². The van der Waals surface area contributed by atoms with Crippen molar-refractivity contribution in [1.29, 1.82) is 0 Å². The molecule has 3 aromatic carbocycles. The molecule has 140 valence electrons. The number of carbonyl (C=O) groups excluding carboxylic acids is 1. The molecule has 0 bridgehead atoms. The van der Waals surface area contributed by atoms with Gasteiger partial charge in [0.25, 0.3) is 0 Å². The summed E-state index contributed by atoms with van der Waals surface area (Å²) in [6.45, 7) is 3.98. The molecule has 0 aliphatic carbocycles. The third kappa shape index (κ3) is 3.05. The van der Waals surface area contributed by atoms with E-state index in [0.717, 1.165) is 33.3 Å². The number of rotatable bonds is 3. The highest BCUT2D eigenvalue weighted by atomic mass is 16.5. The molecule has 28 heavy (non-hydrogen) atoms. The molecule has 1 aromatic heterocycles. The molecular weight excluding hydrogens is 352 g/mol. The fourth-order valence-corrected chi connectivity index (χ4v) is 3.53. The molecule has 4 N–H and O–H groups in total. The average Bonchev–Trinajstić information content (AvgIpc) is 3.03. The zero-order valence-electron chi connectivity index (χ0n) is 15.6. The number of carbonyl (C=O) groups is 1. The second-order valence-electron chi connectivity index (χ2n) is 6.81. The molecule has 6 heteroatoms. The molecule has 0 atom stereocenters. The largest absolute Gasteiger partial charge is 0.380 e. The smallest absolute Gasteiger partial charge is 0.323 e. The predicted molar refractivity (Wildman–Crippen MR) is 111 cm³/mol. The van der Waals surface area contributed by atoms with Gasteiger partial charge in [0.05, 0.1) is 16.8 Å². The Morgan fingerprint density at radius 1 is 0.964 bits per heavy atom. The van der Waals surface area contributed by atoms with E-state index in [-0.39, 0.29) is 0 Å². The van der Waals surface area contributed by atoms with Crippen molar-refractivity contribution in [1.82, 2.24) is 5.16 Å². The molecule has 0 saturated carbocycles. The summed E-state index contributed by atoms with van der Waals surface area (Å²) in [6, 6.07) is 18.6. The predicted octanol–water partition coefficient (Wildman–Crippen LogP) is 4.91. The number of nitrogens with zero attached hydrogens (tertiary/aromatic N) is 2. The van der Waals surface area contributed by atoms with Gasteiger partial charge in [0, 0.05) is 0 Å². The van der Waals surface area contributed by atoms with Crippen LogP contribution in [-0.2, 0) is 0 Å². The van der Waals surface area contributed by atoms with Crippen molar-refractivity contribution >= 4 is 34.2 Å². The summed E-state index contributed by atoms with van der Waals surface area (Å²) in [4.78, 5) is 13.7. The monoisotopic (exact) mass is 372 g/mol. The SMILES string of the molecule is Cc1cc(C)cc(N(C(N)=O)c2ccc(-c3cccc4onc(N)c34)cc2)c1. The first-order valence-electron chi connectivity index (χ1n) is 8.86. The van der Waals surface area contributed by atoms with Gasteiger partial charge in [-0.2, -0.15) is 0 Å². The van der Waals surface area contributed by atoms with E-state index in [1.165, 1.54) is 4.90 Å². The van der Waals surface area contributed by atoms with E-state index in [2.05, 4.69) is 11.2 Å². The Kier molecular flexibility index (Phi) is 4.24. The minimum atomic E-state index is -0.539. The lowest BCUT2D eigenvalue weighted by Gasteiger charge is -2.22. The standard InChI is InChI=1S/C22H20N4O2/c1-13-10-14(2)12-17(11-13)26(22(24)27)16-8-6-15(7-9-16)18-4-3-5-19-20(18)21(23)25-28-19/h3-12H,1-2H3,(H2,23,25)(H2,24,27). The van der Waals surface area contributed by atoms with Gasteiger partial charge in [-0.25, -0.2) is 4.79 Å². The van der Waals surface area contributed by atoms with Crippen LogP contribution in [0.15, 0.2) is 65.2 Å². The normalized spacial score (nSPS) is 10.9. The number of aromatic nitrogens is 1. The lowest BCUT2D eigenvalue weighted by Crippen LogP contribution is -2.31. The first kappa shape index (κ1) is 17.6. The van der Waals surface area contributed by atoms with Gasteiger partial charge in [0.2, 0.25) is 0 Å². The number of benzene rings is 3. The average molecular weight is 372 g/mol. The van der Waals surface area contributed by atoms with Crippen molar-refractivity contribution in [3.63, 3.8) is 0 Å². The third-order valence-electron chi connectivity index (χ3n) is 4.65. The highest BCUT2D eigenvalue weighted by Gasteiger charge is 2.17. The fraction of sp³-hybridized carbons (Fsp3) is 0.0909. The number of hydrogen-bond donors (Lipinski definition) is 2. The zero-order chi connectivity index (χ0) is 19.8. The van der Waals surface area contributed by atoms with Crippen LogP contribution in [0, 0.1) is 13.8 Å². The van der Waals surface area contributed by atoms with Gasteiger partial charge in [0.15, 0.2) is 11.4 Å². The van der Waals surface area contributed by atoms with Gasteiger partial charge in [-0.3, -0.25) is 4.90 Å². The third-order valence-corrected chi connectivity index (χ3v) is 4.65. The number of nitrogen functional groups attached to an aromatic ring is 1. The van der Waals surface area contributed by atoms with Crippen LogP contribution in [0.4, 0.5) is 22.0 Å². The Bertz CT molecular complexity index is 1160. The Balaban J connectivity index is 1.77. The second-order valence-corrected chi connectivity index (χ2v) is 6.81. The Morgan fingerprint density at radius 3 is 2.29 bits per heavy atom. The molecule has 6 nitrogen and oxygen atoms in total. The maximum Gasteiger partial charge on any atom is 0.323 e. The summed E-state index contributed by atoms with van der Waals surface area (Å²) in [5, 5.41) is 4.61. The van der Waals surface area contributed by atoms with Crippen LogP contribution in [0.2, 0.25) is 0 Å². The summed E-state index contributed by atoms with van der Waals surface area (Å²) in [7, 11) is 0. The molecule has 0 aliphatic heterocycles. The van der Waals surface area contributed by atoms with E-state index in [1.54, 1.807) is 0 Å². The molecule has 0 radical (unpaired) electrons. The number of anilines is 3. The second kappa shape index (κ2) is 6.74. The Labute approximate surface area is 162 Å². The molecule has 2 amide bonds. The lowest BCUT2D eigenvalue weighted by molar-refractivity contribution is 0.256. The van der Waals surface area contributed by atoms with Crippen LogP contribution >= 0.6 is 0 Å². The van der Waals surface area contributed by atoms with Crippen molar-refractivity contribution in [2.45, 2.75) is 13.8 Å². The summed E-state index contributed by atoms with van der Waals surface area (Å²) in [6.07, 6.45) is 0.